The molecule has 0 unspecified atom stereocenters. The highest BCUT2D eigenvalue weighted by molar-refractivity contribution is 5.66. The van der Waals surface area contributed by atoms with Gasteiger partial charge in [0.15, 0.2) is 0 Å². The van der Waals surface area contributed by atoms with Gasteiger partial charge in [0.1, 0.15) is 6.10 Å². The maximum Gasteiger partial charge on any atom is 0.303 e. The second kappa shape index (κ2) is 9.48. The minimum absolute atomic E-state index is 0.00654. The van der Waals surface area contributed by atoms with Gasteiger partial charge in [-0.25, -0.2) is 9.97 Å². The number of carbonyl (C=O) groups excluding carboxylic acids is 1. The summed E-state index contributed by atoms with van der Waals surface area (Å²) in [5.41, 5.74) is -0.0854. The first-order valence-corrected chi connectivity index (χ1v) is 11.9. The molecule has 0 aromatic carbocycles. The largest absolute Gasteiger partial charge is 0.457 e. The fraction of sp³-hybridized carbons (Fsp3) is 0.680. The van der Waals surface area contributed by atoms with E-state index in [-0.39, 0.29) is 17.8 Å². The van der Waals surface area contributed by atoms with E-state index in [1.807, 2.05) is 13.0 Å². The van der Waals surface area contributed by atoms with Crippen LogP contribution in [0.5, 0.6) is 0 Å². The summed E-state index contributed by atoms with van der Waals surface area (Å²) in [4.78, 5) is 25.0. The first-order valence-electron chi connectivity index (χ1n) is 11.9. The standard InChI is InChI=1S/C25H36N4O3/c1-17-14-22-21(7-6-19(3)25(22,31)15-23(17)32-20(4)30)18(2)16-28-10-12-29(13-11-28)24-26-8-5-9-27-24/h5,8-9,14,18-19,21-23,31H,6-7,10-13,16H2,1-4H3/t18-,19-,21+,22-,23-,25-/m1/s1. The number of nitrogens with zero attached hydrogens (tertiary/aromatic N) is 4. The Morgan fingerprint density at radius 2 is 1.97 bits per heavy atom. The zero-order chi connectivity index (χ0) is 22.9. The molecule has 2 aliphatic carbocycles. The molecule has 1 aromatic rings. The van der Waals surface area contributed by atoms with Gasteiger partial charge >= 0.3 is 5.97 Å². The first-order chi connectivity index (χ1) is 15.3. The SMILES string of the molecule is CC(=O)O[C@@H]1[C][C@@]2(O)[C@H](C)CC[C@@H]([C@H](C)CN3CCN(c4ncccn4)CC3)[C@H]2C=C1C. The summed E-state index contributed by atoms with van der Waals surface area (Å²) in [6.45, 7) is 12.6. The van der Waals surface area contributed by atoms with E-state index in [4.69, 9.17) is 4.74 Å². The Labute approximate surface area is 191 Å². The Bertz CT molecular complexity index is 824. The van der Waals surface area contributed by atoms with Crippen LogP contribution in [0.15, 0.2) is 30.1 Å². The predicted octanol–water partition coefficient (Wildman–Crippen LogP) is 2.60. The second-order valence-corrected chi connectivity index (χ2v) is 9.85. The molecular weight excluding hydrogens is 404 g/mol. The van der Waals surface area contributed by atoms with E-state index in [2.05, 4.69) is 46.1 Å². The lowest BCUT2D eigenvalue weighted by molar-refractivity contribution is -0.148. The summed E-state index contributed by atoms with van der Waals surface area (Å²) < 4.78 is 5.43. The number of ether oxygens (including phenoxy) is 1. The normalized spacial score (nSPS) is 34.4. The number of rotatable bonds is 5. The summed E-state index contributed by atoms with van der Waals surface area (Å²) in [6, 6.07) is 1.85. The summed E-state index contributed by atoms with van der Waals surface area (Å²) in [7, 11) is 0. The number of carbonyl (C=O) groups is 1. The van der Waals surface area contributed by atoms with Gasteiger partial charge in [-0.15, -0.1) is 0 Å². The molecular formula is C25H36N4O3. The number of hydrogen-bond donors (Lipinski definition) is 1. The van der Waals surface area contributed by atoms with Crippen molar-refractivity contribution in [1.82, 2.24) is 14.9 Å². The summed E-state index contributed by atoms with van der Waals surface area (Å²) >= 11 is 0. The van der Waals surface area contributed by atoms with Crippen LogP contribution >= 0.6 is 0 Å². The first kappa shape index (κ1) is 23.2. The van der Waals surface area contributed by atoms with Gasteiger partial charge in [0, 0.05) is 58.0 Å². The number of aromatic nitrogens is 2. The molecule has 6 atom stereocenters. The third kappa shape index (κ3) is 4.69. The van der Waals surface area contributed by atoms with Gasteiger partial charge in [-0.05, 0) is 49.2 Å². The van der Waals surface area contributed by atoms with Crippen molar-refractivity contribution in [3.05, 3.63) is 36.5 Å². The Balaban J connectivity index is 1.41. The Kier molecular flexibility index (Phi) is 6.86. The Hall–Kier alpha value is -1.99. The van der Waals surface area contributed by atoms with Crippen LogP contribution in [0.2, 0.25) is 0 Å². The number of aliphatic hydroxyl groups is 1. The average molecular weight is 441 g/mol. The van der Waals surface area contributed by atoms with Crippen LogP contribution in [-0.2, 0) is 9.53 Å². The van der Waals surface area contributed by atoms with Crippen molar-refractivity contribution >= 4 is 11.9 Å². The molecule has 2 radical (unpaired) electrons. The van der Waals surface area contributed by atoms with Crippen LogP contribution in [0.25, 0.3) is 0 Å². The molecule has 3 aliphatic rings. The Morgan fingerprint density at radius 3 is 2.62 bits per heavy atom. The topological polar surface area (TPSA) is 78.8 Å². The number of anilines is 1. The minimum atomic E-state index is -1.06. The van der Waals surface area contributed by atoms with Crippen molar-refractivity contribution in [2.24, 2.45) is 23.7 Å². The van der Waals surface area contributed by atoms with Gasteiger partial charge in [0.05, 0.1) is 12.0 Å². The van der Waals surface area contributed by atoms with Crippen molar-refractivity contribution in [1.29, 1.82) is 0 Å². The van der Waals surface area contributed by atoms with Crippen LogP contribution < -0.4 is 4.90 Å². The highest BCUT2D eigenvalue weighted by atomic mass is 16.5. The molecule has 2 heterocycles. The third-order valence-corrected chi connectivity index (χ3v) is 7.64. The van der Waals surface area contributed by atoms with Gasteiger partial charge in [-0.1, -0.05) is 19.9 Å². The quantitative estimate of drug-likeness (QED) is 0.557. The van der Waals surface area contributed by atoms with Gasteiger partial charge in [0.2, 0.25) is 5.95 Å². The summed E-state index contributed by atoms with van der Waals surface area (Å²) in [6.07, 6.45) is 10.5. The maximum atomic E-state index is 11.7. The highest BCUT2D eigenvalue weighted by Gasteiger charge is 2.53. The van der Waals surface area contributed by atoms with E-state index in [0.29, 0.717) is 11.8 Å². The monoisotopic (exact) mass is 440 g/mol. The van der Waals surface area contributed by atoms with Crippen LogP contribution in [0.4, 0.5) is 5.95 Å². The minimum Gasteiger partial charge on any atom is -0.457 e. The number of esters is 1. The molecule has 0 amide bonds. The van der Waals surface area contributed by atoms with Gasteiger partial charge in [-0.3, -0.25) is 9.69 Å². The third-order valence-electron chi connectivity index (χ3n) is 7.64. The molecule has 1 aromatic heterocycles. The van der Waals surface area contributed by atoms with Crippen LogP contribution in [0, 0.1) is 30.1 Å². The molecule has 4 rings (SSSR count). The summed E-state index contributed by atoms with van der Waals surface area (Å²) in [5, 5.41) is 11.7. The zero-order valence-electron chi connectivity index (χ0n) is 19.7. The molecule has 7 heteroatoms. The van der Waals surface area contributed by atoms with Crippen molar-refractivity contribution < 1.29 is 14.6 Å². The van der Waals surface area contributed by atoms with Crippen molar-refractivity contribution in [2.75, 3.05) is 37.6 Å². The molecule has 0 spiro atoms. The van der Waals surface area contributed by atoms with Crippen LogP contribution in [0.3, 0.4) is 0 Å². The second-order valence-electron chi connectivity index (χ2n) is 9.85. The van der Waals surface area contributed by atoms with E-state index in [1.165, 1.54) is 6.92 Å². The maximum absolute atomic E-state index is 11.7. The van der Waals surface area contributed by atoms with Crippen molar-refractivity contribution in [3.8, 4) is 0 Å². The van der Waals surface area contributed by atoms with Gasteiger partial charge in [-0.2, -0.15) is 0 Å². The molecule has 0 bridgehead atoms. The fourth-order valence-corrected chi connectivity index (χ4v) is 5.74. The molecule has 32 heavy (non-hydrogen) atoms. The van der Waals surface area contributed by atoms with E-state index >= 15 is 0 Å². The van der Waals surface area contributed by atoms with E-state index in [1.54, 1.807) is 12.4 Å². The molecule has 2 fully saturated rings. The zero-order valence-corrected chi connectivity index (χ0v) is 19.7. The highest BCUT2D eigenvalue weighted by Crippen LogP contribution is 2.50. The van der Waals surface area contributed by atoms with E-state index < -0.39 is 11.7 Å². The smallest absolute Gasteiger partial charge is 0.303 e. The average Bonchev–Trinajstić information content (AvgIpc) is 2.77. The Morgan fingerprint density at radius 1 is 1.28 bits per heavy atom. The number of piperazine rings is 1. The lowest BCUT2D eigenvalue weighted by Crippen LogP contribution is -2.57. The molecule has 7 nitrogen and oxygen atoms in total. The van der Waals surface area contributed by atoms with Gasteiger partial charge < -0.3 is 14.7 Å². The predicted molar refractivity (Wildman–Crippen MR) is 123 cm³/mol. The number of hydrogen-bond acceptors (Lipinski definition) is 7. The fourth-order valence-electron chi connectivity index (χ4n) is 5.74. The molecule has 1 saturated carbocycles. The van der Waals surface area contributed by atoms with Gasteiger partial charge in [0.25, 0.3) is 0 Å². The van der Waals surface area contributed by atoms with E-state index in [9.17, 15) is 9.90 Å². The molecule has 1 N–H and O–H groups in total. The van der Waals surface area contributed by atoms with Crippen LogP contribution in [0.1, 0.15) is 40.5 Å². The summed E-state index contributed by atoms with van der Waals surface area (Å²) in [5.74, 6) is 1.37. The van der Waals surface area contributed by atoms with Crippen molar-refractivity contribution in [2.45, 2.75) is 52.2 Å². The number of fused-ring (bicyclic) bond motifs is 1. The lowest BCUT2D eigenvalue weighted by atomic mass is 9.57. The lowest BCUT2D eigenvalue weighted by Gasteiger charge is -2.53. The van der Waals surface area contributed by atoms with Crippen LogP contribution in [-0.4, -0.2) is 70.4 Å². The van der Waals surface area contributed by atoms with E-state index in [0.717, 1.165) is 57.1 Å². The molecule has 174 valence electrons. The molecule has 1 aliphatic heterocycles. The van der Waals surface area contributed by atoms with Crippen molar-refractivity contribution in [3.63, 3.8) is 0 Å². The molecule has 1 saturated heterocycles.